The summed E-state index contributed by atoms with van der Waals surface area (Å²) >= 11 is 0. The molecule has 1 saturated heterocycles. The first-order chi connectivity index (χ1) is 9.27. The van der Waals surface area contributed by atoms with E-state index in [1.807, 2.05) is 6.07 Å². The van der Waals surface area contributed by atoms with Crippen molar-refractivity contribution < 1.29 is 0 Å². The Bertz CT molecular complexity index is 454. The average molecular weight is 276 g/mol. The minimum absolute atomic E-state index is 0.0691. The molecule has 1 aromatic heterocycles. The Morgan fingerprint density at radius 3 is 2.30 bits per heavy atom. The van der Waals surface area contributed by atoms with E-state index < -0.39 is 0 Å². The van der Waals surface area contributed by atoms with E-state index in [2.05, 4.69) is 44.5 Å². The number of anilines is 2. The topological polar surface area (TPSA) is 55.0 Å². The molecule has 1 aromatic rings. The molecule has 0 aromatic carbocycles. The van der Waals surface area contributed by atoms with E-state index >= 15 is 0 Å². The predicted octanol–water partition coefficient (Wildman–Crippen LogP) is 3.23. The van der Waals surface area contributed by atoms with Gasteiger partial charge < -0.3 is 10.6 Å². The molecule has 2 heterocycles. The van der Waals surface area contributed by atoms with Gasteiger partial charge in [-0.05, 0) is 24.7 Å². The molecule has 112 valence electrons. The Balaban J connectivity index is 2.16. The highest BCUT2D eigenvalue weighted by molar-refractivity contribution is 5.47. The Labute approximate surface area is 122 Å². The smallest absolute Gasteiger partial charge is 0.138 e. The SMILES string of the molecule is CC(C)C1CCN(c2cc(N)nc(C(C)(C)C)n2)CC1. The Kier molecular flexibility index (Phi) is 4.21. The van der Waals surface area contributed by atoms with E-state index in [1.54, 1.807) is 0 Å². The minimum Gasteiger partial charge on any atom is -0.384 e. The summed E-state index contributed by atoms with van der Waals surface area (Å²) in [5.41, 5.74) is 5.89. The maximum absolute atomic E-state index is 5.96. The van der Waals surface area contributed by atoms with Crippen molar-refractivity contribution in [2.45, 2.75) is 52.9 Å². The lowest BCUT2D eigenvalue weighted by Crippen LogP contribution is -2.36. The van der Waals surface area contributed by atoms with Crippen molar-refractivity contribution in [2.75, 3.05) is 23.7 Å². The molecule has 20 heavy (non-hydrogen) atoms. The van der Waals surface area contributed by atoms with E-state index in [0.29, 0.717) is 5.82 Å². The molecule has 2 N–H and O–H groups in total. The zero-order chi connectivity index (χ0) is 14.9. The summed E-state index contributed by atoms with van der Waals surface area (Å²) in [5.74, 6) is 4.01. The lowest BCUT2D eigenvalue weighted by Gasteiger charge is -2.35. The summed E-state index contributed by atoms with van der Waals surface area (Å²) in [5, 5.41) is 0. The first-order valence-corrected chi connectivity index (χ1v) is 7.67. The third-order valence-corrected chi connectivity index (χ3v) is 4.21. The van der Waals surface area contributed by atoms with E-state index in [1.165, 1.54) is 12.8 Å². The third-order valence-electron chi connectivity index (χ3n) is 4.21. The molecule has 0 spiro atoms. The van der Waals surface area contributed by atoms with Crippen molar-refractivity contribution >= 4 is 11.6 Å². The lowest BCUT2D eigenvalue weighted by atomic mass is 9.87. The number of aromatic nitrogens is 2. The number of rotatable bonds is 2. The van der Waals surface area contributed by atoms with Crippen LogP contribution in [0.25, 0.3) is 0 Å². The Morgan fingerprint density at radius 2 is 1.80 bits per heavy atom. The number of piperidine rings is 1. The largest absolute Gasteiger partial charge is 0.384 e. The van der Waals surface area contributed by atoms with Gasteiger partial charge in [0.1, 0.15) is 17.5 Å². The van der Waals surface area contributed by atoms with Crippen LogP contribution >= 0.6 is 0 Å². The first-order valence-electron chi connectivity index (χ1n) is 7.67. The van der Waals surface area contributed by atoms with Gasteiger partial charge in [0.05, 0.1) is 0 Å². The fourth-order valence-electron chi connectivity index (χ4n) is 2.75. The molecule has 2 rings (SSSR count). The Morgan fingerprint density at radius 1 is 1.20 bits per heavy atom. The average Bonchev–Trinajstić information content (AvgIpc) is 2.37. The molecule has 4 nitrogen and oxygen atoms in total. The van der Waals surface area contributed by atoms with Crippen molar-refractivity contribution in [1.29, 1.82) is 0 Å². The molecule has 0 aliphatic carbocycles. The van der Waals surface area contributed by atoms with E-state index in [-0.39, 0.29) is 5.41 Å². The van der Waals surface area contributed by atoms with Crippen LogP contribution in [0.3, 0.4) is 0 Å². The molecule has 0 unspecified atom stereocenters. The molecule has 0 saturated carbocycles. The highest BCUT2D eigenvalue weighted by Crippen LogP contribution is 2.29. The minimum atomic E-state index is -0.0691. The first kappa shape index (κ1) is 15.1. The number of nitrogen functional groups attached to an aromatic ring is 1. The van der Waals surface area contributed by atoms with Crippen LogP contribution in [0.2, 0.25) is 0 Å². The standard InChI is InChI=1S/C16H28N4/c1-11(2)12-6-8-20(9-7-12)14-10-13(17)18-15(19-14)16(3,4)5/h10-12H,6-9H2,1-5H3,(H2,17,18,19). The molecule has 1 aliphatic rings. The molecule has 0 radical (unpaired) electrons. The molecular weight excluding hydrogens is 248 g/mol. The third kappa shape index (κ3) is 3.41. The van der Waals surface area contributed by atoms with Gasteiger partial charge in [0.15, 0.2) is 0 Å². The quantitative estimate of drug-likeness (QED) is 0.901. The van der Waals surface area contributed by atoms with Gasteiger partial charge in [-0.3, -0.25) is 0 Å². The normalized spacial score (nSPS) is 17.8. The van der Waals surface area contributed by atoms with Crippen LogP contribution < -0.4 is 10.6 Å². The van der Waals surface area contributed by atoms with Crippen molar-refractivity contribution in [3.8, 4) is 0 Å². The molecule has 1 fully saturated rings. The van der Waals surface area contributed by atoms with Crippen LogP contribution in [0.5, 0.6) is 0 Å². The van der Waals surface area contributed by atoms with Crippen LogP contribution in [-0.4, -0.2) is 23.1 Å². The van der Waals surface area contributed by atoms with Crippen LogP contribution in [0.15, 0.2) is 6.07 Å². The number of hydrogen-bond donors (Lipinski definition) is 1. The predicted molar refractivity (Wildman–Crippen MR) is 84.9 cm³/mol. The molecule has 0 bridgehead atoms. The zero-order valence-electron chi connectivity index (χ0n) is 13.5. The second kappa shape index (κ2) is 5.58. The number of nitrogens with zero attached hydrogens (tertiary/aromatic N) is 3. The second-order valence-corrected chi connectivity index (χ2v) is 7.29. The van der Waals surface area contributed by atoms with E-state index in [0.717, 1.165) is 36.6 Å². The fraction of sp³-hybridized carbons (Fsp3) is 0.750. The van der Waals surface area contributed by atoms with Crippen molar-refractivity contribution in [3.63, 3.8) is 0 Å². The van der Waals surface area contributed by atoms with Crippen LogP contribution in [0.4, 0.5) is 11.6 Å². The fourth-order valence-corrected chi connectivity index (χ4v) is 2.75. The molecule has 0 atom stereocenters. The van der Waals surface area contributed by atoms with Crippen LogP contribution in [0, 0.1) is 11.8 Å². The highest BCUT2D eigenvalue weighted by atomic mass is 15.2. The van der Waals surface area contributed by atoms with Gasteiger partial charge in [0.2, 0.25) is 0 Å². The van der Waals surface area contributed by atoms with Crippen molar-refractivity contribution in [1.82, 2.24) is 9.97 Å². The lowest BCUT2D eigenvalue weighted by molar-refractivity contribution is 0.310. The summed E-state index contributed by atoms with van der Waals surface area (Å²) < 4.78 is 0. The van der Waals surface area contributed by atoms with Gasteiger partial charge >= 0.3 is 0 Å². The van der Waals surface area contributed by atoms with Gasteiger partial charge in [-0.15, -0.1) is 0 Å². The molecule has 4 heteroatoms. The molecular formula is C16H28N4. The van der Waals surface area contributed by atoms with Crippen molar-refractivity contribution in [2.24, 2.45) is 11.8 Å². The maximum atomic E-state index is 5.96. The van der Waals surface area contributed by atoms with Gasteiger partial charge in [0, 0.05) is 24.6 Å². The van der Waals surface area contributed by atoms with Gasteiger partial charge in [-0.1, -0.05) is 34.6 Å². The van der Waals surface area contributed by atoms with Crippen LogP contribution in [0.1, 0.15) is 53.3 Å². The molecule has 1 aliphatic heterocycles. The van der Waals surface area contributed by atoms with Crippen LogP contribution in [-0.2, 0) is 5.41 Å². The zero-order valence-corrected chi connectivity index (χ0v) is 13.5. The highest BCUT2D eigenvalue weighted by Gasteiger charge is 2.24. The Hall–Kier alpha value is -1.32. The van der Waals surface area contributed by atoms with E-state index in [4.69, 9.17) is 10.7 Å². The van der Waals surface area contributed by atoms with Crippen molar-refractivity contribution in [3.05, 3.63) is 11.9 Å². The summed E-state index contributed by atoms with van der Waals surface area (Å²) in [6.45, 7) is 13.1. The second-order valence-electron chi connectivity index (χ2n) is 7.29. The summed E-state index contributed by atoms with van der Waals surface area (Å²) in [7, 11) is 0. The molecule has 0 amide bonds. The number of nitrogens with two attached hydrogens (primary N) is 1. The number of hydrogen-bond acceptors (Lipinski definition) is 4. The van der Waals surface area contributed by atoms with Gasteiger partial charge in [0.25, 0.3) is 0 Å². The maximum Gasteiger partial charge on any atom is 0.138 e. The monoisotopic (exact) mass is 276 g/mol. The van der Waals surface area contributed by atoms with Gasteiger partial charge in [-0.2, -0.15) is 0 Å². The summed E-state index contributed by atoms with van der Waals surface area (Å²) in [6, 6.07) is 1.91. The summed E-state index contributed by atoms with van der Waals surface area (Å²) in [6.07, 6.45) is 2.48. The summed E-state index contributed by atoms with van der Waals surface area (Å²) in [4.78, 5) is 11.5. The van der Waals surface area contributed by atoms with Gasteiger partial charge in [-0.25, -0.2) is 9.97 Å². The van der Waals surface area contributed by atoms with E-state index in [9.17, 15) is 0 Å².